The molecule has 0 aliphatic carbocycles. The van der Waals surface area contributed by atoms with Gasteiger partial charge in [-0.15, -0.1) is 0 Å². The Balaban J connectivity index is 1.94. The number of carbonyl (C=O) groups is 2. The van der Waals surface area contributed by atoms with Crippen LogP contribution < -0.4 is 10.6 Å². The summed E-state index contributed by atoms with van der Waals surface area (Å²) in [6, 6.07) is 7.85. The third-order valence-electron chi connectivity index (χ3n) is 2.83. The SMILES string of the molecule is O=C1NC(=O)/C(=C/c2ccc(-c3cc(Cl)ccc3Cl)o2)N1. The van der Waals surface area contributed by atoms with Crippen LogP contribution in [0.2, 0.25) is 10.0 Å². The summed E-state index contributed by atoms with van der Waals surface area (Å²) in [5, 5.41) is 5.52. The van der Waals surface area contributed by atoms with E-state index < -0.39 is 11.9 Å². The minimum Gasteiger partial charge on any atom is -0.457 e. The van der Waals surface area contributed by atoms with E-state index in [0.717, 1.165) is 0 Å². The third kappa shape index (κ3) is 2.79. The van der Waals surface area contributed by atoms with Crippen LogP contribution in [-0.4, -0.2) is 11.9 Å². The Morgan fingerprint density at radius 2 is 1.86 bits per heavy atom. The monoisotopic (exact) mass is 322 g/mol. The first-order valence-corrected chi connectivity index (χ1v) is 6.68. The maximum absolute atomic E-state index is 11.4. The molecule has 7 heteroatoms. The van der Waals surface area contributed by atoms with E-state index in [1.54, 1.807) is 30.3 Å². The number of hydrogen-bond acceptors (Lipinski definition) is 3. The molecule has 106 valence electrons. The number of halogens is 2. The maximum Gasteiger partial charge on any atom is 0.326 e. The fraction of sp³-hybridized carbons (Fsp3) is 0. The van der Waals surface area contributed by atoms with Crippen LogP contribution in [0.4, 0.5) is 4.79 Å². The van der Waals surface area contributed by atoms with Gasteiger partial charge in [-0.05, 0) is 30.3 Å². The second-order valence-corrected chi connectivity index (χ2v) is 5.14. The zero-order valence-electron chi connectivity index (χ0n) is 10.4. The van der Waals surface area contributed by atoms with Gasteiger partial charge in [-0.2, -0.15) is 0 Å². The van der Waals surface area contributed by atoms with E-state index in [1.165, 1.54) is 6.08 Å². The highest BCUT2D eigenvalue weighted by Gasteiger charge is 2.23. The molecular weight excluding hydrogens is 315 g/mol. The largest absolute Gasteiger partial charge is 0.457 e. The summed E-state index contributed by atoms with van der Waals surface area (Å²) in [5.41, 5.74) is 0.770. The molecule has 0 unspecified atom stereocenters. The van der Waals surface area contributed by atoms with Crippen LogP contribution in [0.1, 0.15) is 5.76 Å². The predicted octanol–water partition coefficient (Wildman–Crippen LogP) is 3.43. The molecule has 1 saturated heterocycles. The van der Waals surface area contributed by atoms with E-state index in [9.17, 15) is 9.59 Å². The van der Waals surface area contributed by atoms with Crippen molar-refractivity contribution in [3.8, 4) is 11.3 Å². The van der Waals surface area contributed by atoms with E-state index in [4.69, 9.17) is 27.6 Å². The molecule has 2 heterocycles. The molecule has 0 atom stereocenters. The molecule has 1 fully saturated rings. The number of benzene rings is 1. The number of rotatable bonds is 2. The van der Waals surface area contributed by atoms with Gasteiger partial charge in [-0.3, -0.25) is 10.1 Å². The van der Waals surface area contributed by atoms with Crippen molar-refractivity contribution in [2.45, 2.75) is 0 Å². The highest BCUT2D eigenvalue weighted by atomic mass is 35.5. The normalized spacial score (nSPS) is 16.2. The topological polar surface area (TPSA) is 71.3 Å². The van der Waals surface area contributed by atoms with Gasteiger partial charge in [0.05, 0.1) is 5.02 Å². The zero-order valence-corrected chi connectivity index (χ0v) is 12.0. The average molecular weight is 323 g/mol. The first-order valence-electron chi connectivity index (χ1n) is 5.92. The van der Waals surface area contributed by atoms with Crippen molar-refractivity contribution in [3.05, 3.63) is 51.8 Å². The summed E-state index contributed by atoms with van der Waals surface area (Å²) < 4.78 is 5.60. The first-order chi connectivity index (χ1) is 10.0. The fourth-order valence-corrected chi connectivity index (χ4v) is 2.27. The summed E-state index contributed by atoms with van der Waals surface area (Å²) in [4.78, 5) is 22.4. The lowest BCUT2D eigenvalue weighted by Gasteiger charge is -2.01. The Morgan fingerprint density at radius 1 is 1.05 bits per heavy atom. The number of amides is 3. The molecule has 21 heavy (non-hydrogen) atoms. The van der Waals surface area contributed by atoms with E-state index >= 15 is 0 Å². The van der Waals surface area contributed by atoms with E-state index in [0.29, 0.717) is 27.1 Å². The Morgan fingerprint density at radius 3 is 2.57 bits per heavy atom. The second kappa shape index (κ2) is 5.27. The van der Waals surface area contributed by atoms with Crippen molar-refractivity contribution in [3.63, 3.8) is 0 Å². The van der Waals surface area contributed by atoms with E-state index in [2.05, 4.69) is 10.6 Å². The summed E-state index contributed by atoms with van der Waals surface area (Å²) in [7, 11) is 0. The smallest absolute Gasteiger partial charge is 0.326 e. The van der Waals surface area contributed by atoms with Crippen molar-refractivity contribution in [1.29, 1.82) is 0 Å². The van der Waals surface area contributed by atoms with Gasteiger partial charge < -0.3 is 9.73 Å². The molecule has 3 rings (SSSR count). The van der Waals surface area contributed by atoms with Crippen molar-refractivity contribution < 1.29 is 14.0 Å². The molecule has 2 aromatic rings. The lowest BCUT2D eigenvalue weighted by atomic mass is 10.2. The Hall–Kier alpha value is -2.24. The molecule has 0 saturated carbocycles. The molecule has 2 N–H and O–H groups in total. The molecule has 1 aromatic carbocycles. The standard InChI is InChI=1S/C14H8Cl2N2O3/c15-7-1-3-10(16)9(5-7)12-4-2-8(21-12)6-11-13(19)18-14(20)17-11/h1-6H,(H2,17,18,19,20)/b11-6-. The molecule has 0 spiro atoms. The molecule has 0 bridgehead atoms. The molecule has 1 aromatic heterocycles. The summed E-state index contributed by atoms with van der Waals surface area (Å²) in [6.45, 7) is 0. The second-order valence-electron chi connectivity index (χ2n) is 4.29. The number of hydrogen-bond donors (Lipinski definition) is 2. The summed E-state index contributed by atoms with van der Waals surface area (Å²) in [6.07, 6.45) is 1.43. The van der Waals surface area contributed by atoms with Gasteiger partial charge in [0.1, 0.15) is 17.2 Å². The van der Waals surface area contributed by atoms with Crippen molar-refractivity contribution in [2.75, 3.05) is 0 Å². The number of urea groups is 1. The van der Waals surface area contributed by atoms with E-state index in [1.807, 2.05) is 0 Å². The van der Waals surface area contributed by atoms with Gasteiger partial charge in [0.2, 0.25) is 0 Å². The zero-order chi connectivity index (χ0) is 15.0. The van der Waals surface area contributed by atoms with Crippen LogP contribution in [0, 0.1) is 0 Å². The lowest BCUT2D eigenvalue weighted by Crippen LogP contribution is -2.22. The molecule has 3 amide bonds. The molecule has 1 aliphatic rings. The highest BCUT2D eigenvalue weighted by molar-refractivity contribution is 6.35. The van der Waals surface area contributed by atoms with Crippen LogP contribution in [0.25, 0.3) is 17.4 Å². The maximum atomic E-state index is 11.4. The fourth-order valence-electron chi connectivity index (χ4n) is 1.89. The van der Waals surface area contributed by atoms with Crippen molar-refractivity contribution in [2.24, 2.45) is 0 Å². The molecular formula is C14H8Cl2N2O3. The third-order valence-corrected chi connectivity index (χ3v) is 3.39. The van der Waals surface area contributed by atoms with Gasteiger partial charge in [0.25, 0.3) is 5.91 Å². The van der Waals surface area contributed by atoms with Crippen LogP contribution in [0.5, 0.6) is 0 Å². The van der Waals surface area contributed by atoms with Crippen LogP contribution in [0.3, 0.4) is 0 Å². The van der Waals surface area contributed by atoms with Gasteiger partial charge in [-0.1, -0.05) is 23.2 Å². The molecule has 1 aliphatic heterocycles. The highest BCUT2D eigenvalue weighted by Crippen LogP contribution is 2.32. The molecule has 5 nitrogen and oxygen atoms in total. The van der Waals surface area contributed by atoms with Gasteiger partial charge in [0, 0.05) is 16.7 Å². The Bertz CT molecular complexity index is 780. The predicted molar refractivity (Wildman–Crippen MR) is 78.8 cm³/mol. The first kappa shape index (κ1) is 13.7. The van der Waals surface area contributed by atoms with Gasteiger partial charge >= 0.3 is 6.03 Å². The number of imide groups is 1. The Kier molecular flexibility index (Phi) is 3.45. The summed E-state index contributed by atoms with van der Waals surface area (Å²) >= 11 is 12.0. The van der Waals surface area contributed by atoms with Crippen molar-refractivity contribution in [1.82, 2.24) is 10.6 Å². The van der Waals surface area contributed by atoms with Crippen LogP contribution in [-0.2, 0) is 4.79 Å². The minimum atomic E-state index is -0.559. The average Bonchev–Trinajstić information content (AvgIpc) is 3.00. The van der Waals surface area contributed by atoms with E-state index in [-0.39, 0.29) is 5.70 Å². The summed E-state index contributed by atoms with van der Waals surface area (Å²) in [5.74, 6) is 0.422. The number of furan rings is 1. The Labute approximate surface area is 129 Å². The number of carbonyl (C=O) groups excluding carboxylic acids is 2. The van der Waals surface area contributed by atoms with Gasteiger partial charge in [-0.25, -0.2) is 4.79 Å². The lowest BCUT2D eigenvalue weighted by molar-refractivity contribution is -0.115. The number of nitrogens with one attached hydrogen (secondary N) is 2. The van der Waals surface area contributed by atoms with Crippen LogP contribution >= 0.6 is 23.2 Å². The quantitative estimate of drug-likeness (QED) is 0.657. The van der Waals surface area contributed by atoms with Gasteiger partial charge in [0.15, 0.2) is 0 Å². The molecule has 0 radical (unpaired) electrons. The van der Waals surface area contributed by atoms with Crippen molar-refractivity contribution >= 4 is 41.2 Å². The minimum absolute atomic E-state index is 0.123. The van der Waals surface area contributed by atoms with Crippen LogP contribution in [0.15, 0.2) is 40.4 Å².